The van der Waals surface area contributed by atoms with Gasteiger partial charge in [0.05, 0.1) is 11.6 Å². The van der Waals surface area contributed by atoms with Crippen molar-refractivity contribution in [2.45, 2.75) is 6.42 Å². The average Bonchev–Trinajstić information content (AvgIpc) is 2.69. The van der Waals surface area contributed by atoms with E-state index in [2.05, 4.69) is 5.43 Å². The molecule has 17 heavy (non-hydrogen) atoms. The first-order chi connectivity index (χ1) is 8.25. The molecule has 0 aromatic heterocycles. The predicted molar refractivity (Wildman–Crippen MR) is 64.1 cm³/mol. The molecule has 1 saturated heterocycles. The summed E-state index contributed by atoms with van der Waals surface area (Å²) in [5.74, 6) is 0.152. The minimum absolute atomic E-state index is 0.0475. The third kappa shape index (κ3) is 1.58. The minimum Gasteiger partial charge on any atom is -0.508 e. The van der Waals surface area contributed by atoms with E-state index >= 15 is 0 Å². The summed E-state index contributed by atoms with van der Waals surface area (Å²) in [5.41, 5.74) is 4.77. The number of nitrogens with zero attached hydrogens (tertiary/aromatic N) is 1. The highest BCUT2D eigenvalue weighted by molar-refractivity contribution is 5.99. The van der Waals surface area contributed by atoms with Gasteiger partial charge in [0.15, 0.2) is 0 Å². The Balaban J connectivity index is 1.91. The fraction of sp³-hybridized carbons (Fsp3) is 0.154. The number of allylic oxidation sites excluding steroid dienone is 3. The normalized spacial score (nSPS) is 22.1. The Morgan fingerprint density at radius 2 is 2.06 bits per heavy atom. The highest BCUT2D eigenvalue weighted by atomic mass is 16.3. The quantitative estimate of drug-likeness (QED) is 0.769. The van der Waals surface area contributed by atoms with Gasteiger partial charge in [0.1, 0.15) is 5.75 Å². The molecular formula is C13H12N2O2. The highest BCUT2D eigenvalue weighted by Crippen LogP contribution is 2.30. The van der Waals surface area contributed by atoms with Crippen molar-refractivity contribution < 1.29 is 9.90 Å². The molecule has 3 rings (SSSR count). The van der Waals surface area contributed by atoms with E-state index in [-0.39, 0.29) is 17.6 Å². The van der Waals surface area contributed by atoms with Crippen LogP contribution >= 0.6 is 0 Å². The van der Waals surface area contributed by atoms with Crippen LogP contribution in [-0.2, 0) is 4.79 Å². The third-order valence-corrected chi connectivity index (χ3v) is 3.03. The lowest BCUT2D eigenvalue weighted by molar-refractivity contribution is -0.119. The number of carbonyl (C=O) groups is 1. The molecule has 2 aliphatic rings. The van der Waals surface area contributed by atoms with Crippen molar-refractivity contribution in [3.63, 3.8) is 0 Å². The summed E-state index contributed by atoms with van der Waals surface area (Å²) in [6.07, 6.45) is 6.61. The second kappa shape index (κ2) is 3.66. The first-order valence-corrected chi connectivity index (χ1v) is 5.52. The van der Waals surface area contributed by atoms with Crippen molar-refractivity contribution >= 4 is 11.6 Å². The third-order valence-electron chi connectivity index (χ3n) is 3.03. The number of carbonyl (C=O) groups excluding carboxylic acids is 1. The lowest BCUT2D eigenvalue weighted by Gasteiger charge is -2.16. The lowest BCUT2D eigenvalue weighted by Crippen LogP contribution is -2.34. The molecule has 0 bridgehead atoms. The van der Waals surface area contributed by atoms with E-state index in [1.165, 1.54) is 5.01 Å². The Morgan fingerprint density at radius 1 is 1.29 bits per heavy atom. The van der Waals surface area contributed by atoms with Crippen molar-refractivity contribution in [1.29, 1.82) is 0 Å². The van der Waals surface area contributed by atoms with Crippen molar-refractivity contribution in [2.75, 3.05) is 5.01 Å². The Bertz CT molecular complexity index is 517. The Kier molecular flexibility index (Phi) is 2.14. The number of fused-ring (bicyclic) bond motifs is 1. The Labute approximate surface area is 98.8 Å². The number of amides is 1. The summed E-state index contributed by atoms with van der Waals surface area (Å²) in [4.78, 5) is 12.2. The lowest BCUT2D eigenvalue weighted by atomic mass is 9.98. The molecule has 4 nitrogen and oxygen atoms in total. The molecule has 1 unspecified atom stereocenters. The van der Waals surface area contributed by atoms with E-state index in [4.69, 9.17) is 0 Å². The number of hydrazine groups is 1. The van der Waals surface area contributed by atoms with E-state index < -0.39 is 0 Å². The van der Waals surface area contributed by atoms with Crippen molar-refractivity contribution in [3.05, 3.63) is 48.2 Å². The van der Waals surface area contributed by atoms with Gasteiger partial charge in [0.2, 0.25) is 0 Å². The molecule has 1 aromatic rings. The van der Waals surface area contributed by atoms with Crippen LogP contribution in [0.5, 0.6) is 5.75 Å². The van der Waals surface area contributed by atoms with Crippen LogP contribution in [0.4, 0.5) is 5.69 Å². The van der Waals surface area contributed by atoms with Crippen LogP contribution < -0.4 is 10.4 Å². The molecule has 1 heterocycles. The van der Waals surface area contributed by atoms with Crippen LogP contribution in [0.2, 0.25) is 0 Å². The highest BCUT2D eigenvalue weighted by Gasteiger charge is 2.36. The summed E-state index contributed by atoms with van der Waals surface area (Å²) in [7, 11) is 0. The largest absolute Gasteiger partial charge is 0.508 e. The van der Waals surface area contributed by atoms with Gasteiger partial charge in [-0.3, -0.25) is 10.2 Å². The molecule has 2 N–H and O–H groups in total. The van der Waals surface area contributed by atoms with Gasteiger partial charge >= 0.3 is 0 Å². The van der Waals surface area contributed by atoms with E-state index in [0.717, 1.165) is 17.8 Å². The fourth-order valence-electron chi connectivity index (χ4n) is 2.11. The SMILES string of the molecule is O=C1C2CC=CC=C2NN1c1ccc(O)cc1. The summed E-state index contributed by atoms with van der Waals surface area (Å²) < 4.78 is 0. The second-order valence-corrected chi connectivity index (χ2v) is 4.14. The van der Waals surface area contributed by atoms with Gasteiger partial charge in [-0.05, 0) is 36.8 Å². The molecule has 1 fully saturated rings. The van der Waals surface area contributed by atoms with E-state index in [1.54, 1.807) is 24.3 Å². The molecule has 1 atom stereocenters. The predicted octanol–water partition coefficient (Wildman–Crippen LogP) is 1.70. The zero-order valence-corrected chi connectivity index (χ0v) is 9.13. The van der Waals surface area contributed by atoms with Crippen LogP contribution in [0.1, 0.15) is 6.42 Å². The van der Waals surface area contributed by atoms with Crippen molar-refractivity contribution in [2.24, 2.45) is 5.92 Å². The maximum atomic E-state index is 12.2. The molecule has 0 spiro atoms. The summed E-state index contributed by atoms with van der Waals surface area (Å²) in [6.45, 7) is 0. The van der Waals surface area contributed by atoms with Gasteiger partial charge in [0, 0.05) is 5.70 Å². The van der Waals surface area contributed by atoms with Crippen LogP contribution in [-0.4, -0.2) is 11.0 Å². The number of aromatic hydroxyl groups is 1. The zero-order valence-electron chi connectivity index (χ0n) is 9.13. The zero-order chi connectivity index (χ0) is 11.8. The number of nitrogens with one attached hydrogen (secondary N) is 1. The number of phenolic OH excluding ortho intramolecular Hbond substituents is 1. The summed E-state index contributed by atoms with van der Waals surface area (Å²) in [5, 5.41) is 10.8. The standard InChI is InChI=1S/C13H12N2O2/c16-10-7-5-9(6-8-10)15-13(17)11-3-1-2-4-12(11)14-15/h1-2,4-8,11,14,16H,3H2. The van der Waals surface area contributed by atoms with Gasteiger partial charge in [-0.2, -0.15) is 0 Å². The molecule has 1 aliphatic heterocycles. The van der Waals surface area contributed by atoms with E-state index in [1.807, 2.05) is 18.2 Å². The maximum absolute atomic E-state index is 12.2. The van der Waals surface area contributed by atoms with Gasteiger partial charge in [-0.15, -0.1) is 0 Å². The van der Waals surface area contributed by atoms with Gasteiger partial charge in [0.25, 0.3) is 5.91 Å². The topological polar surface area (TPSA) is 52.6 Å². The van der Waals surface area contributed by atoms with Crippen LogP contribution in [0.25, 0.3) is 0 Å². The molecule has 0 radical (unpaired) electrons. The molecule has 1 amide bonds. The summed E-state index contributed by atoms with van der Waals surface area (Å²) in [6, 6.07) is 6.56. The number of hydrogen-bond donors (Lipinski definition) is 2. The van der Waals surface area contributed by atoms with Gasteiger partial charge in [-0.25, -0.2) is 5.01 Å². The number of phenols is 1. The summed E-state index contributed by atoms with van der Waals surface area (Å²) >= 11 is 0. The molecule has 0 saturated carbocycles. The van der Waals surface area contributed by atoms with Crippen LogP contribution in [0.15, 0.2) is 48.2 Å². The van der Waals surface area contributed by atoms with Crippen LogP contribution in [0, 0.1) is 5.92 Å². The average molecular weight is 228 g/mol. The molecule has 86 valence electrons. The van der Waals surface area contributed by atoms with Crippen molar-refractivity contribution in [3.8, 4) is 5.75 Å². The Hall–Kier alpha value is -2.23. The monoisotopic (exact) mass is 228 g/mol. The van der Waals surface area contributed by atoms with Crippen molar-refractivity contribution in [1.82, 2.24) is 5.43 Å². The minimum atomic E-state index is -0.0891. The molecular weight excluding hydrogens is 216 g/mol. The number of rotatable bonds is 1. The van der Waals surface area contributed by atoms with E-state index in [9.17, 15) is 9.90 Å². The fourth-order valence-corrected chi connectivity index (χ4v) is 2.11. The van der Waals surface area contributed by atoms with E-state index in [0.29, 0.717) is 0 Å². The number of anilines is 1. The number of hydrogen-bond acceptors (Lipinski definition) is 3. The smallest absolute Gasteiger partial charge is 0.255 e. The maximum Gasteiger partial charge on any atom is 0.255 e. The Morgan fingerprint density at radius 3 is 2.76 bits per heavy atom. The van der Waals surface area contributed by atoms with Crippen LogP contribution in [0.3, 0.4) is 0 Å². The van der Waals surface area contributed by atoms with Gasteiger partial charge in [-0.1, -0.05) is 12.2 Å². The first kappa shape index (κ1) is 9.96. The molecule has 1 aliphatic carbocycles. The second-order valence-electron chi connectivity index (χ2n) is 4.14. The molecule has 4 heteroatoms. The molecule has 1 aromatic carbocycles. The first-order valence-electron chi connectivity index (χ1n) is 5.52. The van der Waals surface area contributed by atoms with Gasteiger partial charge < -0.3 is 5.11 Å². The number of benzene rings is 1.